The summed E-state index contributed by atoms with van der Waals surface area (Å²) < 4.78 is 12.9. The van der Waals surface area contributed by atoms with Gasteiger partial charge < -0.3 is 24.3 Å². The molecule has 1 aliphatic heterocycles. The molecule has 1 N–H and O–H groups in total. The van der Waals surface area contributed by atoms with Crippen LogP contribution in [0.5, 0.6) is 5.75 Å². The van der Waals surface area contributed by atoms with Crippen molar-refractivity contribution in [3.8, 4) is 17.1 Å². The summed E-state index contributed by atoms with van der Waals surface area (Å²) in [5, 5.41) is 12.1. The van der Waals surface area contributed by atoms with E-state index in [9.17, 15) is 4.79 Å². The molecule has 1 amide bonds. The third-order valence-corrected chi connectivity index (χ3v) is 6.62. The zero-order chi connectivity index (χ0) is 23.2. The molecule has 33 heavy (non-hydrogen) atoms. The van der Waals surface area contributed by atoms with Crippen molar-refractivity contribution in [2.24, 2.45) is 0 Å². The van der Waals surface area contributed by atoms with E-state index in [1.807, 2.05) is 66.9 Å². The highest BCUT2D eigenvalue weighted by Crippen LogP contribution is 2.32. The predicted octanol–water partition coefficient (Wildman–Crippen LogP) is 3.93. The molecule has 2 heterocycles. The number of hydrogen-bond donors (Lipinski definition) is 1. The van der Waals surface area contributed by atoms with Crippen LogP contribution in [0.4, 0.5) is 11.4 Å². The van der Waals surface area contributed by atoms with Gasteiger partial charge in [-0.1, -0.05) is 23.9 Å². The van der Waals surface area contributed by atoms with Crippen LogP contribution in [-0.4, -0.2) is 59.3 Å². The van der Waals surface area contributed by atoms with E-state index in [2.05, 4.69) is 20.4 Å². The Hall–Kier alpha value is -3.04. The summed E-state index contributed by atoms with van der Waals surface area (Å²) >= 11 is 1.39. The topological polar surface area (TPSA) is 81.5 Å². The quantitative estimate of drug-likeness (QED) is 0.503. The third kappa shape index (κ3) is 5.31. The van der Waals surface area contributed by atoms with Crippen molar-refractivity contribution in [1.82, 2.24) is 14.8 Å². The molecule has 1 saturated heterocycles. The zero-order valence-corrected chi connectivity index (χ0v) is 20.0. The molecule has 3 aromatic rings. The average molecular weight is 468 g/mol. The van der Waals surface area contributed by atoms with E-state index in [4.69, 9.17) is 9.47 Å². The van der Waals surface area contributed by atoms with Crippen LogP contribution in [0.1, 0.15) is 13.8 Å². The number of rotatable bonds is 8. The van der Waals surface area contributed by atoms with Crippen LogP contribution in [0.3, 0.4) is 0 Å². The number of nitrogens with one attached hydrogen (secondary N) is 1. The molecule has 0 spiro atoms. The average Bonchev–Trinajstić information content (AvgIpc) is 3.27. The zero-order valence-electron chi connectivity index (χ0n) is 19.2. The third-order valence-electron chi connectivity index (χ3n) is 5.54. The molecule has 0 bridgehead atoms. The van der Waals surface area contributed by atoms with Gasteiger partial charge >= 0.3 is 0 Å². The van der Waals surface area contributed by atoms with Crippen molar-refractivity contribution >= 4 is 29.0 Å². The number of para-hydroxylation sites is 1. The van der Waals surface area contributed by atoms with Gasteiger partial charge in [0, 0.05) is 31.0 Å². The molecule has 4 rings (SSSR count). The van der Waals surface area contributed by atoms with E-state index in [1.165, 1.54) is 11.8 Å². The molecular weight excluding hydrogens is 438 g/mol. The highest BCUT2D eigenvalue weighted by atomic mass is 32.2. The maximum atomic E-state index is 12.8. The number of benzene rings is 2. The Kier molecular flexibility index (Phi) is 7.51. The highest BCUT2D eigenvalue weighted by Gasteiger charge is 2.22. The molecular formula is C24H29N5O3S. The first-order valence-corrected chi connectivity index (χ1v) is 12.0. The fourth-order valence-corrected chi connectivity index (χ4v) is 4.64. The van der Waals surface area contributed by atoms with Crippen LogP contribution in [0.2, 0.25) is 0 Å². The fourth-order valence-electron chi connectivity index (χ4n) is 3.72. The molecule has 1 atom stereocenters. The molecule has 174 valence electrons. The summed E-state index contributed by atoms with van der Waals surface area (Å²) in [6.07, 6.45) is 0. The smallest absolute Gasteiger partial charge is 0.237 e. The number of morpholine rings is 1. The van der Waals surface area contributed by atoms with Crippen LogP contribution in [0.15, 0.2) is 53.7 Å². The van der Waals surface area contributed by atoms with Crippen molar-refractivity contribution in [3.05, 3.63) is 48.5 Å². The minimum absolute atomic E-state index is 0.0800. The first-order valence-electron chi connectivity index (χ1n) is 11.1. The van der Waals surface area contributed by atoms with Gasteiger partial charge in [-0.05, 0) is 50.2 Å². The number of aromatic nitrogens is 3. The van der Waals surface area contributed by atoms with Crippen molar-refractivity contribution in [2.75, 3.05) is 43.6 Å². The lowest BCUT2D eigenvalue weighted by molar-refractivity contribution is -0.115. The first-order chi connectivity index (χ1) is 16.1. The molecule has 0 radical (unpaired) electrons. The molecule has 1 unspecified atom stereocenters. The molecule has 0 saturated carbocycles. The van der Waals surface area contributed by atoms with Gasteiger partial charge in [0.15, 0.2) is 11.0 Å². The van der Waals surface area contributed by atoms with Gasteiger partial charge in [0.25, 0.3) is 0 Å². The second-order valence-corrected chi connectivity index (χ2v) is 8.95. The Morgan fingerprint density at radius 3 is 2.58 bits per heavy atom. The van der Waals surface area contributed by atoms with E-state index in [-0.39, 0.29) is 11.2 Å². The van der Waals surface area contributed by atoms with Gasteiger partial charge in [0.2, 0.25) is 5.91 Å². The van der Waals surface area contributed by atoms with E-state index < -0.39 is 0 Å². The van der Waals surface area contributed by atoms with E-state index in [0.29, 0.717) is 11.7 Å². The lowest BCUT2D eigenvalue weighted by atomic mass is 10.2. The summed E-state index contributed by atoms with van der Waals surface area (Å²) in [4.78, 5) is 15.1. The fraction of sp³-hybridized carbons (Fsp3) is 0.375. The first kappa shape index (κ1) is 23.1. The number of carbonyl (C=O) groups excluding carboxylic acids is 1. The summed E-state index contributed by atoms with van der Waals surface area (Å²) in [6, 6.07) is 15.7. The summed E-state index contributed by atoms with van der Waals surface area (Å²) in [7, 11) is 1.64. The number of ether oxygens (including phenoxy) is 2. The Morgan fingerprint density at radius 1 is 1.15 bits per heavy atom. The number of thioether (sulfide) groups is 1. The SMILES string of the molecule is CCn1c(SC(C)C(=O)Nc2ccc(N3CCOCC3)cc2)nnc1-c1ccccc1OC. The minimum Gasteiger partial charge on any atom is -0.496 e. The maximum absolute atomic E-state index is 12.8. The van der Waals surface area contributed by atoms with E-state index >= 15 is 0 Å². The monoisotopic (exact) mass is 467 g/mol. The number of methoxy groups -OCH3 is 1. The molecule has 2 aromatic carbocycles. The molecule has 0 aliphatic carbocycles. The molecule has 1 aromatic heterocycles. The predicted molar refractivity (Wildman–Crippen MR) is 131 cm³/mol. The van der Waals surface area contributed by atoms with Gasteiger partial charge in [-0.15, -0.1) is 10.2 Å². The van der Waals surface area contributed by atoms with Crippen LogP contribution >= 0.6 is 11.8 Å². The van der Waals surface area contributed by atoms with Crippen LogP contribution in [-0.2, 0) is 16.1 Å². The second-order valence-electron chi connectivity index (χ2n) is 7.65. The van der Waals surface area contributed by atoms with Gasteiger partial charge in [0.05, 0.1) is 31.1 Å². The van der Waals surface area contributed by atoms with Crippen molar-refractivity contribution in [3.63, 3.8) is 0 Å². The maximum Gasteiger partial charge on any atom is 0.237 e. The Labute approximate surface area is 198 Å². The number of nitrogens with zero attached hydrogens (tertiary/aromatic N) is 4. The number of carbonyl (C=O) groups is 1. The summed E-state index contributed by atoms with van der Waals surface area (Å²) in [5.41, 5.74) is 2.79. The molecule has 1 aliphatic rings. The van der Waals surface area contributed by atoms with Gasteiger partial charge in [0.1, 0.15) is 5.75 Å². The van der Waals surface area contributed by atoms with Crippen molar-refractivity contribution < 1.29 is 14.3 Å². The Balaban J connectivity index is 1.42. The van der Waals surface area contributed by atoms with Gasteiger partial charge in [-0.2, -0.15) is 0 Å². The number of hydrogen-bond acceptors (Lipinski definition) is 7. The largest absolute Gasteiger partial charge is 0.496 e. The van der Waals surface area contributed by atoms with Gasteiger partial charge in [-0.25, -0.2) is 0 Å². The normalized spacial score (nSPS) is 14.7. The van der Waals surface area contributed by atoms with Gasteiger partial charge in [-0.3, -0.25) is 4.79 Å². The molecule has 1 fully saturated rings. The van der Waals surface area contributed by atoms with Crippen LogP contribution in [0, 0.1) is 0 Å². The van der Waals surface area contributed by atoms with Crippen LogP contribution < -0.4 is 15.0 Å². The van der Waals surface area contributed by atoms with E-state index in [0.717, 1.165) is 54.8 Å². The van der Waals surface area contributed by atoms with Crippen molar-refractivity contribution in [1.29, 1.82) is 0 Å². The molecule has 9 heteroatoms. The summed E-state index contributed by atoms with van der Waals surface area (Å²) in [6.45, 7) is 7.85. The van der Waals surface area contributed by atoms with E-state index in [1.54, 1.807) is 7.11 Å². The number of anilines is 2. The lowest BCUT2D eigenvalue weighted by Gasteiger charge is -2.28. The Bertz CT molecular complexity index is 1080. The highest BCUT2D eigenvalue weighted by molar-refractivity contribution is 8.00. The second kappa shape index (κ2) is 10.7. The van der Waals surface area contributed by atoms with Crippen molar-refractivity contribution in [2.45, 2.75) is 30.8 Å². The Morgan fingerprint density at radius 2 is 1.88 bits per heavy atom. The molecule has 8 nitrogen and oxygen atoms in total. The standard InChI is InChI=1S/C24H29N5O3S/c1-4-29-22(20-7-5-6-8-21(20)31-3)26-27-24(29)33-17(2)23(30)25-18-9-11-19(12-10-18)28-13-15-32-16-14-28/h5-12,17H,4,13-16H2,1-3H3,(H,25,30). The van der Waals surface area contributed by atoms with Crippen LogP contribution in [0.25, 0.3) is 11.4 Å². The lowest BCUT2D eigenvalue weighted by Crippen LogP contribution is -2.36. The minimum atomic E-state index is -0.344. The summed E-state index contributed by atoms with van der Waals surface area (Å²) in [5.74, 6) is 1.38. The number of amides is 1.